The molecule has 2 N–H and O–H groups in total. The van der Waals surface area contributed by atoms with E-state index in [1.54, 1.807) is 26.8 Å². The second-order valence-electron chi connectivity index (χ2n) is 4.70. The minimum atomic E-state index is -0.974. The zero-order valence-electron chi connectivity index (χ0n) is 9.93. The van der Waals surface area contributed by atoms with Crippen molar-refractivity contribution in [1.29, 1.82) is 5.26 Å². The molecule has 0 bridgehead atoms. The summed E-state index contributed by atoms with van der Waals surface area (Å²) in [5, 5.41) is 27.0. The molecule has 0 saturated carbocycles. The van der Waals surface area contributed by atoms with E-state index in [1.807, 2.05) is 0 Å². The maximum absolute atomic E-state index is 11.3. The normalized spacial score (nSPS) is 15.0. The number of esters is 1. The fraction of sp³-hybridized carbons (Fsp3) is 0.818. The summed E-state index contributed by atoms with van der Waals surface area (Å²) in [6, 6.07) is 1.79. The highest BCUT2D eigenvalue weighted by Gasteiger charge is 2.20. The van der Waals surface area contributed by atoms with Gasteiger partial charge in [0.25, 0.3) is 0 Å². The third-order valence-electron chi connectivity index (χ3n) is 1.69. The van der Waals surface area contributed by atoms with Gasteiger partial charge in [-0.15, -0.1) is 0 Å². The highest BCUT2D eigenvalue weighted by Crippen LogP contribution is 2.11. The first-order chi connectivity index (χ1) is 7.24. The van der Waals surface area contributed by atoms with E-state index >= 15 is 0 Å². The van der Waals surface area contributed by atoms with Crippen LogP contribution in [0.1, 0.15) is 40.0 Å². The molecular formula is C11H19NO4. The Morgan fingerprint density at radius 2 is 1.94 bits per heavy atom. The molecule has 0 aromatic carbocycles. The standard InChI is InChI=1S/C11H19NO4/c1-11(2,3)16-10(15)7-9(14)6-8(13)4-5-12/h8-9,13-14H,4,6-7H2,1-3H3/t8-,9-/m0/s1. The molecule has 0 unspecified atom stereocenters. The lowest BCUT2D eigenvalue weighted by Crippen LogP contribution is -2.28. The van der Waals surface area contributed by atoms with Crippen LogP contribution in [0.5, 0.6) is 0 Å². The fourth-order valence-corrected chi connectivity index (χ4v) is 1.16. The van der Waals surface area contributed by atoms with E-state index in [0.717, 1.165) is 0 Å². The van der Waals surface area contributed by atoms with Gasteiger partial charge in [-0.05, 0) is 20.8 Å². The van der Waals surface area contributed by atoms with Crippen molar-refractivity contribution in [1.82, 2.24) is 0 Å². The van der Waals surface area contributed by atoms with E-state index in [4.69, 9.17) is 10.00 Å². The lowest BCUT2D eigenvalue weighted by atomic mass is 10.1. The molecule has 0 rings (SSSR count). The number of aliphatic hydroxyl groups excluding tert-OH is 2. The largest absolute Gasteiger partial charge is 0.460 e. The van der Waals surface area contributed by atoms with Crippen LogP contribution >= 0.6 is 0 Å². The van der Waals surface area contributed by atoms with Gasteiger partial charge < -0.3 is 14.9 Å². The van der Waals surface area contributed by atoms with Gasteiger partial charge in [-0.25, -0.2) is 0 Å². The summed E-state index contributed by atoms with van der Waals surface area (Å²) in [6.45, 7) is 5.21. The van der Waals surface area contributed by atoms with E-state index in [-0.39, 0.29) is 19.3 Å². The lowest BCUT2D eigenvalue weighted by Gasteiger charge is -2.21. The number of rotatable bonds is 5. The van der Waals surface area contributed by atoms with Crippen molar-refractivity contribution >= 4 is 5.97 Å². The maximum atomic E-state index is 11.3. The van der Waals surface area contributed by atoms with Crippen molar-refractivity contribution in [2.75, 3.05) is 0 Å². The molecule has 0 radical (unpaired) electrons. The highest BCUT2D eigenvalue weighted by molar-refractivity contribution is 5.70. The number of nitrogens with zero attached hydrogens (tertiary/aromatic N) is 1. The zero-order valence-corrected chi connectivity index (χ0v) is 9.93. The third-order valence-corrected chi connectivity index (χ3v) is 1.69. The molecule has 0 aliphatic carbocycles. The molecule has 5 heteroatoms. The Morgan fingerprint density at radius 3 is 2.38 bits per heavy atom. The molecule has 5 nitrogen and oxygen atoms in total. The number of carbonyl (C=O) groups excluding carboxylic acids is 1. The topological polar surface area (TPSA) is 90.6 Å². The molecule has 2 atom stereocenters. The molecule has 0 aliphatic heterocycles. The lowest BCUT2D eigenvalue weighted by molar-refractivity contribution is -0.157. The molecule has 0 fully saturated rings. The van der Waals surface area contributed by atoms with Crippen LogP contribution < -0.4 is 0 Å². The molecule has 0 spiro atoms. The second-order valence-corrected chi connectivity index (χ2v) is 4.70. The summed E-state index contributed by atoms with van der Waals surface area (Å²) in [4.78, 5) is 11.3. The Kier molecular flexibility index (Phi) is 6.01. The van der Waals surface area contributed by atoms with Gasteiger partial charge in [-0.1, -0.05) is 0 Å². The van der Waals surface area contributed by atoms with E-state index in [0.29, 0.717) is 0 Å². The Bertz CT molecular complexity index is 264. The van der Waals surface area contributed by atoms with E-state index in [9.17, 15) is 15.0 Å². The molecule has 0 heterocycles. The molecule has 0 amide bonds. The van der Waals surface area contributed by atoms with Crippen molar-refractivity contribution in [2.24, 2.45) is 0 Å². The van der Waals surface area contributed by atoms with Gasteiger partial charge >= 0.3 is 5.97 Å². The summed E-state index contributed by atoms with van der Waals surface area (Å²) in [6.07, 6.45) is -2.08. The average molecular weight is 229 g/mol. The minimum Gasteiger partial charge on any atom is -0.460 e. The summed E-state index contributed by atoms with van der Waals surface area (Å²) in [5.41, 5.74) is -0.581. The molecule has 0 aromatic heterocycles. The van der Waals surface area contributed by atoms with Gasteiger partial charge in [0.15, 0.2) is 0 Å². The molecule has 16 heavy (non-hydrogen) atoms. The van der Waals surface area contributed by atoms with Crippen LogP contribution in [0.25, 0.3) is 0 Å². The molecule has 92 valence electrons. The molecule has 0 aliphatic rings. The first-order valence-electron chi connectivity index (χ1n) is 5.19. The average Bonchev–Trinajstić information content (AvgIpc) is 1.98. The SMILES string of the molecule is CC(C)(C)OC(=O)C[C@@H](O)C[C@@H](O)CC#N. The molecule has 0 aromatic rings. The summed E-state index contributed by atoms with van der Waals surface area (Å²) in [5.74, 6) is -0.510. The number of aliphatic hydroxyl groups is 2. The van der Waals surface area contributed by atoms with Gasteiger partial charge in [-0.3, -0.25) is 4.79 Å². The number of nitriles is 1. The van der Waals surface area contributed by atoms with Gasteiger partial charge in [0.1, 0.15) is 5.60 Å². The first kappa shape index (κ1) is 14.9. The van der Waals surface area contributed by atoms with Crippen molar-refractivity contribution in [3.05, 3.63) is 0 Å². The predicted molar refractivity (Wildman–Crippen MR) is 57.3 cm³/mol. The maximum Gasteiger partial charge on any atom is 0.308 e. The predicted octanol–water partition coefficient (Wildman–Crippen LogP) is 0.744. The van der Waals surface area contributed by atoms with Crippen LogP contribution in [0.3, 0.4) is 0 Å². The van der Waals surface area contributed by atoms with Crippen LogP contribution in [0.4, 0.5) is 0 Å². The Hall–Kier alpha value is -1.12. The van der Waals surface area contributed by atoms with Gasteiger partial charge in [-0.2, -0.15) is 5.26 Å². The number of hydrogen-bond acceptors (Lipinski definition) is 5. The Labute approximate surface area is 95.6 Å². The highest BCUT2D eigenvalue weighted by atomic mass is 16.6. The van der Waals surface area contributed by atoms with Crippen LogP contribution in [0.2, 0.25) is 0 Å². The monoisotopic (exact) mass is 229 g/mol. The first-order valence-corrected chi connectivity index (χ1v) is 5.19. The Balaban J connectivity index is 3.92. The fourth-order valence-electron chi connectivity index (χ4n) is 1.16. The third kappa shape index (κ3) is 8.21. The summed E-state index contributed by atoms with van der Waals surface area (Å²) in [7, 11) is 0. The van der Waals surface area contributed by atoms with Crippen molar-refractivity contribution in [2.45, 2.75) is 57.8 Å². The van der Waals surface area contributed by atoms with Gasteiger partial charge in [0.05, 0.1) is 31.1 Å². The van der Waals surface area contributed by atoms with Crippen LogP contribution in [-0.2, 0) is 9.53 Å². The summed E-state index contributed by atoms with van der Waals surface area (Å²) >= 11 is 0. The Morgan fingerprint density at radius 1 is 1.38 bits per heavy atom. The van der Waals surface area contributed by atoms with Crippen molar-refractivity contribution < 1.29 is 19.7 Å². The number of ether oxygens (including phenoxy) is 1. The summed E-state index contributed by atoms with van der Waals surface area (Å²) < 4.78 is 5.00. The quantitative estimate of drug-likeness (QED) is 0.679. The smallest absolute Gasteiger partial charge is 0.308 e. The van der Waals surface area contributed by atoms with E-state index in [2.05, 4.69) is 0 Å². The van der Waals surface area contributed by atoms with E-state index < -0.39 is 23.8 Å². The van der Waals surface area contributed by atoms with Crippen molar-refractivity contribution in [3.63, 3.8) is 0 Å². The molecular weight excluding hydrogens is 210 g/mol. The van der Waals surface area contributed by atoms with Gasteiger partial charge in [0.2, 0.25) is 0 Å². The number of carbonyl (C=O) groups is 1. The van der Waals surface area contributed by atoms with Gasteiger partial charge in [0, 0.05) is 6.42 Å². The minimum absolute atomic E-state index is 0.00675. The number of hydrogen-bond donors (Lipinski definition) is 2. The zero-order chi connectivity index (χ0) is 12.8. The van der Waals surface area contributed by atoms with E-state index in [1.165, 1.54) is 0 Å². The molecule has 0 saturated heterocycles. The van der Waals surface area contributed by atoms with Crippen molar-refractivity contribution in [3.8, 4) is 6.07 Å². The second kappa shape index (κ2) is 6.46. The van der Waals surface area contributed by atoms with Crippen LogP contribution in [0, 0.1) is 11.3 Å². The van der Waals surface area contributed by atoms with Crippen LogP contribution in [0.15, 0.2) is 0 Å². The van der Waals surface area contributed by atoms with Crippen LogP contribution in [-0.4, -0.2) is 34.0 Å².